The molecule has 3 saturated heterocycles. The fraction of sp³-hybridized carbons (Fsp3) is 0.619. The lowest BCUT2D eigenvalue weighted by molar-refractivity contribution is -0.153. The van der Waals surface area contributed by atoms with Crippen LogP contribution in [0.4, 0.5) is 0 Å². The molecule has 1 N–H and O–H groups in total. The fourth-order valence-electron chi connectivity index (χ4n) is 5.71. The van der Waals surface area contributed by atoms with Gasteiger partial charge in [0.2, 0.25) is 11.8 Å². The van der Waals surface area contributed by atoms with E-state index in [-0.39, 0.29) is 29.5 Å². The van der Waals surface area contributed by atoms with Gasteiger partial charge in [-0.3, -0.25) is 23.7 Å². The Morgan fingerprint density at radius 2 is 2.13 bits per heavy atom. The standard InChI is InChI=1S/C21H27N5O3S/c1-13(27)22-9-18-15-7-14(17-3-2-4-19(28)26(17)18)10-24(11-15)12-16-8-20(29)25-5-6-30-21(25)23-16/h5-6,8,14-15,17-18H,2-4,7,9-12H2,1H3,(H,22,27)/t14-,15+,17+,18+/m1/s1. The van der Waals surface area contributed by atoms with Crippen LogP contribution in [0.3, 0.4) is 0 Å². The van der Waals surface area contributed by atoms with E-state index >= 15 is 0 Å². The summed E-state index contributed by atoms with van der Waals surface area (Å²) in [4.78, 5) is 46.6. The number of amides is 2. The first-order chi connectivity index (χ1) is 14.5. The summed E-state index contributed by atoms with van der Waals surface area (Å²) in [5.41, 5.74) is 0.762. The average molecular weight is 430 g/mol. The highest BCUT2D eigenvalue weighted by atomic mass is 32.1. The van der Waals surface area contributed by atoms with E-state index in [0.29, 0.717) is 31.3 Å². The minimum Gasteiger partial charge on any atom is -0.354 e. The Kier molecular flexibility index (Phi) is 5.10. The van der Waals surface area contributed by atoms with Crippen LogP contribution in [0.5, 0.6) is 0 Å². The molecule has 0 aromatic carbocycles. The van der Waals surface area contributed by atoms with Crippen LogP contribution in [-0.4, -0.2) is 62.7 Å². The van der Waals surface area contributed by atoms with Gasteiger partial charge in [-0.05, 0) is 31.1 Å². The zero-order valence-electron chi connectivity index (χ0n) is 17.1. The smallest absolute Gasteiger partial charge is 0.258 e. The minimum atomic E-state index is -0.0558. The van der Waals surface area contributed by atoms with Gasteiger partial charge >= 0.3 is 0 Å². The summed E-state index contributed by atoms with van der Waals surface area (Å²) in [6.07, 6.45) is 5.45. The molecule has 9 heteroatoms. The molecule has 5 rings (SSSR count). The molecule has 3 aliphatic heterocycles. The quantitative estimate of drug-likeness (QED) is 0.786. The Morgan fingerprint density at radius 3 is 2.97 bits per heavy atom. The molecule has 2 aromatic rings. The lowest BCUT2D eigenvalue weighted by Crippen LogP contribution is -2.66. The predicted molar refractivity (Wildman–Crippen MR) is 113 cm³/mol. The zero-order chi connectivity index (χ0) is 20.8. The van der Waals surface area contributed by atoms with Gasteiger partial charge in [-0.1, -0.05) is 0 Å². The van der Waals surface area contributed by atoms with Crippen molar-refractivity contribution in [2.75, 3.05) is 19.6 Å². The van der Waals surface area contributed by atoms with Crippen molar-refractivity contribution in [1.82, 2.24) is 24.5 Å². The molecule has 0 saturated carbocycles. The third-order valence-electron chi connectivity index (χ3n) is 6.87. The number of hydrogen-bond donors (Lipinski definition) is 1. The highest BCUT2D eigenvalue weighted by molar-refractivity contribution is 7.15. The SMILES string of the molecule is CC(=O)NC[C@H]1[C@H]2C[C@H](CN(Cc3cc(=O)n4ccsc4n3)C2)[C@@H]2CCCC(=O)N21. The molecule has 30 heavy (non-hydrogen) atoms. The van der Waals surface area contributed by atoms with Crippen LogP contribution >= 0.6 is 11.3 Å². The average Bonchev–Trinajstić information content (AvgIpc) is 3.17. The van der Waals surface area contributed by atoms with E-state index in [1.807, 2.05) is 5.38 Å². The van der Waals surface area contributed by atoms with Gasteiger partial charge in [0.05, 0.1) is 11.7 Å². The van der Waals surface area contributed by atoms with Crippen LogP contribution in [-0.2, 0) is 16.1 Å². The summed E-state index contributed by atoms with van der Waals surface area (Å²) in [6, 6.07) is 1.93. The number of carbonyl (C=O) groups excluding carboxylic acids is 2. The Hall–Kier alpha value is -2.26. The maximum absolute atomic E-state index is 12.8. The topological polar surface area (TPSA) is 87.0 Å². The minimum absolute atomic E-state index is 0.0407. The zero-order valence-corrected chi connectivity index (χ0v) is 17.9. The van der Waals surface area contributed by atoms with E-state index in [1.165, 1.54) is 18.3 Å². The molecule has 2 aromatic heterocycles. The summed E-state index contributed by atoms with van der Waals surface area (Å²) in [5.74, 6) is 0.941. The second kappa shape index (κ2) is 7.77. The number of aromatic nitrogens is 2. The van der Waals surface area contributed by atoms with Crippen molar-refractivity contribution in [3.63, 3.8) is 0 Å². The summed E-state index contributed by atoms with van der Waals surface area (Å²) >= 11 is 1.47. The van der Waals surface area contributed by atoms with Crippen LogP contribution < -0.4 is 10.9 Å². The first-order valence-electron chi connectivity index (χ1n) is 10.7. The van der Waals surface area contributed by atoms with Crippen molar-refractivity contribution in [3.05, 3.63) is 33.7 Å². The van der Waals surface area contributed by atoms with Crippen LogP contribution in [0.1, 0.15) is 38.3 Å². The van der Waals surface area contributed by atoms with E-state index in [1.54, 1.807) is 16.7 Å². The first kappa shape index (κ1) is 19.7. The van der Waals surface area contributed by atoms with Crippen molar-refractivity contribution in [3.8, 4) is 0 Å². The normalized spacial score (nSPS) is 29.1. The van der Waals surface area contributed by atoms with Gasteiger partial charge in [-0.2, -0.15) is 0 Å². The molecule has 0 radical (unpaired) electrons. The van der Waals surface area contributed by atoms with Crippen molar-refractivity contribution in [1.29, 1.82) is 0 Å². The molecule has 3 fully saturated rings. The highest BCUT2D eigenvalue weighted by Crippen LogP contribution is 2.41. The molecule has 0 unspecified atom stereocenters. The Bertz CT molecular complexity index is 1030. The molecule has 0 aliphatic carbocycles. The second-order valence-electron chi connectivity index (χ2n) is 8.86. The number of piperidine rings is 3. The fourth-order valence-corrected chi connectivity index (χ4v) is 6.45. The van der Waals surface area contributed by atoms with E-state index in [9.17, 15) is 14.4 Å². The summed E-state index contributed by atoms with van der Waals surface area (Å²) in [6.45, 7) is 4.46. The number of rotatable bonds is 4. The Labute approximate surface area is 178 Å². The lowest BCUT2D eigenvalue weighted by atomic mass is 9.72. The molecule has 2 bridgehead atoms. The summed E-state index contributed by atoms with van der Waals surface area (Å²) in [7, 11) is 0. The van der Waals surface area contributed by atoms with E-state index in [2.05, 4.69) is 20.1 Å². The molecule has 2 amide bonds. The van der Waals surface area contributed by atoms with Crippen LogP contribution in [0.15, 0.2) is 22.4 Å². The van der Waals surface area contributed by atoms with Crippen molar-refractivity contribution >= 4 is 28.1 Å². The molecule has 160 valence electrons. The van der Waals surface area contributed by atoms with Crippen LogP contribution in [0, 0.1) is 11.8 Å². The van der Waals surface area contributed by atoms with E-state index < -0.39 is 0 Å². The number of likely N-dealkylation sites (tertiary alicyclic amines) is 1. The Morgan fingerprint density at radius 1 is 1.30 bits per heavy atom. The summed E-state index contributed by atoms with van der Waals surface area (Å²) < 4.78 is 1.58. The highest BCUT2D eigenvalue weighted by Gasteiger charge is 2.49. The molecule has 3 aliphatic rings. The van der Waals surface area contributed by atoms with Crippen LogP contribution in [0.2, 0.25) is 0 Å². The van der Waals surface area contributed by atoms with Gasteiger partial charge in [0.15, 0.2) is 4.96 Å². The predicted octanol–water partition coefficient (Wildman–Crippen LogP) is 1.09. The van der Waals surface area contributed by atoms with Crippen LogP contribution in [0.25, 0.3) is 4.96 Å². The molecule has 5 heterocycles. The van der Waals surface area contributed by atoms with Crippen molar-refractivity contribution in [2.24, 2.45) is 11.8 Å². The van der Waals surface area contributed by atoms with E-state index in [0.717, 1.165) is 43.0 Å². The van der Waals surface area contributed by atoms with Crippen molar-refractivity contribution in [2.45, 2.75) is 51.2 Å². The number of hydrogen-bond acceptors (Lipinski definition) is 6. The number of carbonyl (C=O) groups is 2. The van der Waals surface area contributed by atoms with Gasteiger partial charge in [-0.15, -0.1) is 11.3 Å². The number of nitrogens with one attached hydrogen (secondary N) is 1. The second-order valence-corrected chi connectivity index (χ2v) is 9.73. The van der Waals surface area contributed by atoms with Gasteiger partial charge in [0, 0.05) is 63.2 Å². The largest absolute Gasteiger partial charge is 0.354 e. The third-order valence-corrected chi connectivity index (χ3v) is 7.63. The lowest BCUT2D eigenvalue weighted by Gasteiger charge is -2.56. The maximum Gasteiger partial charge on any atom is 0.258 e. The molecule has 8 nitrogen and oxygen atoms in total. The molecule has 4 atom stereocenters. The molecular formula is C21H27N5O3S. The van der Waals surface area contributed by atoms with Gasteiger partial charge in [0.1, 0.15) is 0 Å². The number of nitrogens with zero attached hydrogens (tertiary/aromatic N) is 4. The number of thiazole rings is 1. The van der Waals surface area contributed by atoms with E-state index in [4.69, 9.17) is 0 Å². The molecule has 0 spiro atoms. The van der Waals surface area contributed by atoms with Crippen molar-refractivity contribution < 1.29 is 9.59 Å². The first-order valence-corrected chi connectivity index (χ1v) is 11.6. The van der Waals surface area contributed by atoms with Gasteiger partial charge < -0.3 is 10.2 Å². The Balaban J connectivity index is 1.39. The number of fused-ring (bicyclic) bond motifs is 5. The third kappa shape index (κ3) is 3.54. The van der Waals surface area contributed by atoms with Gasteiger partial charge in [-0.25, -0.2) is 4.98 Å². The molecular weight excluding hydrogens is 402 g/mol. The van der Waals surface area contributed by atoms with Gasteiger partial charge in [0.25, 0.3) is 5.56 Å². The maximum atomic E-state index is 12.8. The summed E-state index contributed by atoms with van der Waals surface area (Å²) in [5, 5.41) is 4.83. The monoisotopic (exact) mass is 429 g/mol.